The first-order chi connectivity index (χ1) is 2.41. The van der Waals surface area contributed by atoms with Crippen LogP contribution in [-0.2, 0) is 0 Å². The summed E-state index contributed by atoms with van der Waals surface area (Å²) in [5.74, 6) is 0. The van der Waals surface area contributed by atoms with Crippen LogP contribution in [0.1, 0.15) is 13.3 Å². The topological polar surface area (TPSA) is 23.1 Å². The SMILES string of the molecule is C[O-].[CH2-]CC.[Mg+2]. The van der Waals surface area contributed by atoms with E-state index in [1.54, 1.807) is 0 Å². The van der Waals surface area contributed by atoms with Crippen molar-refractivity contribution in [3.05, 3.63) is 6.92 Å². The van der Waals surface area contributed by atoms with Gasteiger partial charge in [0.05, 0.1) is 0 Å². The molecule has 0 amide bonds. The second kappa shape index (κ2) is 42.9. The minimum atomic E-state index is 0. The molecule has 6 heavy (non-hydrogen) atoms. The molecule has 0 radical (unpaired) electrons. The van der Waals surface area contributed by atoms with E-state index in [0.29, 0.717) is 0 Å². The summed E-state index contributed by atoms with van der Waals surface area (Å²) >= 11 is 0. The molecule has 0 saturated carbocycles. The molecule has 0 aromatic heterocycles. The Morgan fingerprint density at radius 3 is 1.50 bits per heavy atom. The van der Waals surface area contributed by atoms with E-state index in [-0.39, 0.29) is 23.1 Å². The van der Waals surface area contributed by atoms with E-state index >= 15 is 0 Å². The maximum absolute atomic E-state index is 8.25. The summed E-state index contributed by atoms with van der Waals surface area (Å²) in [5, 5.41) is 8.25. The molecule has 0 spiro atoms. The van der Waals surface area contributed by atoms with E-state index in [1.165, 1.54) is 0 Å². The van der Waals surface area contributed by atoms with Crippen LogP contribution < -0.4 is 5.11 Å². The first-order valence-electron chi connectivity index (χ1n) is 1.62. The molecular weight excluding hydrogens is 88.3 g/mol. The molecule has 0 unspecified atom stereocenters. The largest absolute Gasteiger partial charge is 2.00 e. The zero-order valence-electron chi connectivity index (χ0n) is 4.53. The molecule has 0 heterocycles. The average molecular weight is 98.4 g/mol. The molecule has 0 saturated heterocycles. The van der Waals surface area contributed by atoms with Crippen molar-refractivity contribution in [1.29, 1.82) is 0 Å². The minimum Gasteiger partial charge on any atom is -0.857 e. The van der Waals surface area contributed by atoms with Crippen LogP contribution >= 0.6 is 0 Å². The Bertz CT molecular complexity index is 7.51. The summed E-state index contributed by atoms with van der Waals surface area (Å²) in [6, 6.07) is 0. The van der Waals surface area contributed by atoms with Gasteiger partial charge in [-0.3, -0.25) is 0 Å². The predicted molar refractivity (Wildman–Crippen MR) is 27.3 cm³/mol. The second-order valence-corrected chi connectivity index (χ2v) is 0.500. The molecule has 1 nitrogen and oxygen atoms in total. The quantitative estimate of drug-likeness (QED) is 0.305. The Morgan fingerprint density at radius 1 is 1.50 bits per heavy atom. The Balaban J connectivity index is -0.0000000275. The molecule has 0 aliphatic heterocycles. The van der Waals surface area contributed by atoms with Crippen LogP contribution in [0.25, 0.3) is 0 Å². The third-order valence-corrected chi connectivity index (χ3v) is 0. The minimum absolute atomic E-state index is 0. The number of hydrogen-bond acceptors (Lipinski definition) is 1. The van der Waals surface area contributed by atoms with E-state index in [0.717, 1.165) is 13.5 Å². The molecule has 2 heteroatoms. The van der Waals surface area contributed by atoms with Crippen molar-refractivity contribution in [3.63, 3.8) is 0 Å². The van der Waals surface area contributed by atoms with Gasteiger partial charge in [-0.2, -0.15) is 13.5 Å². The summed E-state index contributed by atoms with van der Waals surface area (Å²) in [6.45, 7) is 5.50. The molecular formula is C4H10MgO. The van der Waals surface area contributed by atoms with Crippen LogP contribution in [-0.4, -0.2) is 30.2 Å². The van der Waals surface area contributed by atoms with Gasteiger partial charge in [0.2, 0.25) is 0 Å². The van der Waals surface area contributed by atoms with Gasteiger partial charge in [0.1, 0.15) is 0 Å². The fourth-order valence-electron chi connectivity index (χ4n) is 0. The van der Waals surface area contributed by atoms with E-state index in [9.17, 15) is 0 Å². The van der Waals surface area contributed by atoms with Gasteiger partial charge in [-0.1, -0.05) is 6.92 Å². The van der Waals surface area contributed by atoms with Crippen LogP contribution in [0, 0.1) is 6.92 Å². The molecule has 0 aromatic carbocycles. The van der Waals surface area contributed by atoms with E-state index < -0.39 is 0 Å². The van der Waals surface area contributed by atoms with Crippen molar-refractivity contribution in [1.82, 2.24) is 0 Å². The fraction of sp³-hybridized carbons (Fsp3) is 0.750. The Kier molecular flexibility index (Phi) is 114. The summed E-state index contributed by atoms with van der Waals surface area (Å²) in [4.78, 5) is 0. The molecule has 0 bridgehead atoms. The molecule has 0 rings (SSSR count). The van der Waals surface area contributed by atoms with Crippen molar-refractivity contribution in [2.75, 3.05) is 7.11 Å². The fourth-order valence-corrected chi connectivity index (χ4v) is 0. The maximum Gasteiger partial charge on any atom is 2.00 e. The normalized spacial score (nSPS) is 4.00. The van der Waals surface area contributed by atoms with Crippen molar-refractivity contribution in [2.45, 2.75) is 13.3 Å². The van der Waals surface area contributed by atoms with Gasteiger partial charge in [0.25, 0.3) is 0 Å². The van der Waals surface area contributed by atoms with Crippen LogP contribution in [0.5, 0.6) is 0 Å². The molecule has 0 N–H and O–H groups in total. The summed E-state index contributed by atoms with van der Waals surface area (Å²) < 4.78 is 0. The van der Waals surface area contributed by atoms with Gasteiger partial charge in [0.15, 0.2) is 0 Å². The smallest absolute Gasteiger partial charge is 0.857 e. The van der Waals surface area contributed by atoms with Gasteiger partial charge in [0, 0.05) is 0 Å². The summed E-state index contributed by atoms with van der Waals surface area (Å²) in [5.41, 5.74) is 0. The molecule has 0 fully saturated rings. The zero-order chi connectivity index (χ0) is 4.71. The van der Waals surface area contributed by atoms with E-state index in [2.05, 4.69) is 6.92 Å². The van der Waals surface area contributed by atoms with Crippen LogP contribution in [0.2, 0.25) is 0 Å². The first kappa shape index (κ1) is 15.9. The third-order valence-electron chi connectivity index (χ3n) is 0. The molecule has 34 valence electrons. The van der Waals surface area contributed by atoms with Gasteiger partial charge in [-0.25, -0.2) is 0 Å². The average Bonchev–Trinajstić information content (AvgIpc) is 1.46. The van der Waals surface area contributed by atoms with Crippen molar-refractivity contribution >= 4 is 23.1 Å². The Morgan fingerprint density at radius 2 is 1.50 bits per heavy atom. The molecule has 0 aromatic rings. The van der Waals surface area contributed by atoms with Crippen molar-refractivity contribution in [3.8, 4) is 0 Å². The number of hydrogen-bond donors (Lipinski definition) is 0. The van der Waals surface area contributed by atoms with Crippen LogP contribution in [0.4, 0.5) is 0 Å². The zero-order valence-corrected chi connectivity index (χ0v) is 5.94. The monoisotopic (exact) mass is 98.1 g/mol. The number of rotatable bonds is 0. The molecule has 0 aliphatic rings. The van der Waals surface area contributed by atoms with Crippen molar-refractivity contribution < 1.29 is 5.11 Å². The molecule has 0 aliphatic carbocycles. The second-order valence-electron chi connectivity index (χ2n) is 0.500. The maximum atomic E-state index is 8.25. The first-order valence-corrected chi connectivity index (χ1v) is 1.62. The van der Waals surface area contributed by atoms with Gasteiger partial charge < -0.3 is 12.0 Å². The molecule has 0 atom stereocenters. The van der Waals surface area contributed by atoms with Crippen LogP contribution in [0.15, 0.2) is 0 Å². The van der Waals surface area contributed by atoms with Crippen molar-refractivity contribution in [2.24, 2.45) is 0 Å². The van der Waals surface area contributed by atoms with E-state index in [4.69, 9.17) is 5.11 Å². The van der Waals surface area contributed by atoms with E-state index in [1.807, 2.05) is 6.92 Å². The standard InChI is InChI=1S/C3H7.CH3O.Mg/c1-3-2;1-2;/h1,3H2,2H3;1H3;/q2*-1;+2. The summed E-state index contributed by atoms with van der Waals surface area (Å²) in [6.07, 6.45) is 1.00. The Labute approximate surface area is 55.9 Å². The van der Waals surface area contributed by atoms with Crippen LogP contribution in [0.3, 0.4) is 0 Å². The van der Waals surface area contributed by atoms with Gasteiger partial charge in [-0.05, 0) is 0 Å². The third kappa shape index (κ3) is 124. The van der Waals surface area contributed by atoms with Gasteiger partial charge >= 0.3 is 23.1 Å². The van der Waals surface area contributed by atoms with Gasteiger partial charge in [-0.15, -0.1) is 0 Å². The summed E-state index contributed by atoms with van der Waals surface area (Å²) in [7, 11) is 0.750. The predicted octanol–water partition coefficient (Wildman–Crippen LogP) is -0.174. The Hall–Kier alpha value is 0.726.